The lowest BCUT2D eigenvalue weighted by atomic mass is 10.1. The van der Waals surface area contributed by atoms with Crippen molar-refractivity contribution < 1.29 is 9.90 Å². The molecular formula is C12H15ClN2O2. The Morgan fingerprint density at radius 3 is 2.94 bits per heavy atom. The average molecular weight is 255 g/mol. The van der Waals surface area contributed by atoms with Gasteiger partial charge in [0.15, 0.2) is 0 Å². The molecule has 1 heterocycles. The molecule has 1 aliphatic heterocycles. The number of carbonyl (C=O) groups is 1. The molecule has 2 N–H and O–H groups in total. The first-order valence-electron chi connectivity index (χ1n) is 5.60. The second-order valence-electron chi connectivity index (χ2n) is 4.22. The molecule has 0 radical (unpaired) electrons. The third-order valence-electron chi connectivity index (χ3n) is 3.02. The maximum absolute atomic E-state index is 10.9. The zero-order valence-electron chi connectivity index (χ0n) is 9.61. The van der Waals surface area contributed by atoms with Crippen molar-refractivity contribution in [3.8, 4) is 0 Å². The van der Waals surface area contributed by atoms with Crippen molar-refractivity contribution in [1.29, 1.82) is 0 Å². The van der Waals surface area contributed by atoms with Crippen LogP contribution in [-0.4, -0.2) is 36.8 Å². The largest absolute Gasteiger partial charge is 0.478 e. The number of carboxylic acid groups (broad SMARTS) is 1. The Hall–Kier alpha value is -1.26. The van der Waals surface area contributed by atoms with Crippen molar-refractivity contribution in [3.63, 3.8) is 0 Å². The molecule has 92 valence electrons. The van der Waals surface area contributed by atoms with E-state index in [-0.39, 0.29) is 5.56 Å². The number of hydrogen-bond donors (Lipinski definition) is 2. The minimum absolute atomic E-state index is 0.151. The smallest absolute Gasteiger partial charge is 0.337 e. The van der Waals surface area contributed by atoms with Gasteiger partial charge in [0.05, 0.1) is 10.6 Å². The topological polar surface area (TPSA) is 52.6 Å². The summed E-state index contributed by atoms with van der Waals surface area (Å²) in [4.78, 5) is 13.1. The molecule has 0 bridgehead atoms. The normalized spacial score (nSPS) is 20.4. The van der Waals surface area contributed by atoms with Crippen LogP contribution >= 0.6 is 11.6 Å². The molecule has 1 aromatic carbocycles. The molecule has 0 aromatic heterocycles. The highest BCUT2D eigenvalue weighted by atomic mass is 35.5. The van der Waals surface area contributed by atoms with E-state index in [1.54, 1.807) is 12.1 Å². The standard InChI is InChI=1S/C12H15ClN2O2/c1-8-7-14-4-5-15(8)9-2-3-10(12(16)17)11(13)6-9/h2-3,6,8,14H,4-5,7H2,1H3,(H,16,17)/t8-/m0/s1. The van der Waals surface area contributed by atoms with Gasteiger partial charge in [0.1, 0.15) is 0 Å². The molecule has 0 unspecified atom stereocenters. The Bertz CT molecular complexity index is 437. The summed E-state index contributed by atoms with van der Waals surface area (Å²) >= 11 is 5.97. The second kappa shape index (κ2) is 4.94. The number of carboxylic acids is 1. The van der Waals surface area contributed by atoms with Gasteiger partial charge >= 0.3 is 5.97 Å². The highest BCUT2D eigenvalue weighted by Gasteiger charge is 2.19. The number of rotatable bonds is 2. The third-order valence-corrected chi connectivity index (χ3v) is 3.33. The number of benzene rings is 1. The third kappa shape index (κ3) is 2.53. The number of anilines is 1. The van der Waals surface area contributed by atoms with Gasteiger partial charge in [-0.3, -0.25) is 0 Å². The molecule has 0 aliphatic carbocycles. The minimum atomic E-state index is -0.991. The molecule has 5 heteroatoms. The van der Waals surface area contributed by atoms with Crippen LogP contribution in [0.5, 0.6) is 0 Å². The van der Waals surface area contributed by atoms with Crippen LogP contribution in [0.1, 0.15) is 17.3 Å². The highest BCUT2D eigenvalue weighted by molar-refractivity contribution is 6.33. The van der Waals surface area contributed by atoms with Crippen LogP contribution in [0.25, 0.3) is 0 Å². The van der Waals surface area contributed by atoms with Crippen LogP contribution in [0.2, 0.25) is 5.02 Å². The van der Waals surface area contributed by atoms with Gasteiger partial charge in [0, 0.05) is 31.4 Å². The molecule has 1 aliphatic rings. The molecule has 1 fully saturated rings. The first-order valence-corrected chi connectivity index (χ1v) is 5.97. The average Bonchev–Trinajstić information content (AvgIpc) is 2.29. The maximum atomic E-state index is 10.9. The fraction of sp³-hybridized carbons (Fsp3) is 0.417. The van der Waals surface area contributed by atoms with Crippen LogP contribution in [-0.2, 0) is 0 Å². The SMILES string of the molecule is C[C@H]1CNCCN1c1ccc(C(=O)O)c(Cl)c1. The Labute approximate surface area is 105 Å². The monoisotopic (exact) mass is 254 g/mol. The quantitative estimate of drug-likeness (QED) is 0.846. The Morgan fingerprint density at radius 1 is 1.59 bits per heavy atom. The van der Waals surface area contributed by atoms with Gasteiger partial charge in [0.25, 0.3) is 0 Å². The summed E-state index contributed by atoms with van der Waals surface area (Å²) in [7, 11) is 0. The highest BCUT2D eigenvalue weighted by Crippen LogP contribution is 2.25. The lowest BCUT2D eigenvalue weighted by molar-refractivity contribution is 0.0697. The van der Waals surface area contributed by atoms with E-state index in [9.17, 15) is 4.79 Å². The number of halogens is 1. The number of nitrogens with one attached hydrogen (secondary N) is 1. The molecule has 0 spiro atoms. The van der Waals surface area contributed by atoms with E-state index < -0.39 is 5.97 Å². The van der Waals surface area contributed by atoms with Crippen molar-refractivity contribution in [2.45, 2.75) is 13.0 Å². The van der Waals surface area contributed by atoms with Crippen LogP contribution in [0.15, 0.2) is 18.2 Å². The number of piperazine rings is 1. The fourth-order valence-electron chi connectivity index (χ4n) is 2.08. The molecule has 0 saturated carbocycles. The molecule has 1 saturated heterocycles. The Kier molecular flexibility index (Phi) is 3.54. The Balaban J connectivity index is 2.27. The molecule has 17 heavy (non-hydrogen) atoms. The predicted octanol–water partition coefficient (Wildman–Crippen LogP) is 1.84. The molecule has 1 atom stereocenters. The van der Waals surface area contributed by atoms with Crippen LogP contribution < -0.4 is 10.2 Å². The van der Waals surface area contributed by atoms with Gasteiger partial charge in [-0.1, -0.05) is 11.6 Å². The Morgan fingerprint density at radius 2 is 2.35 bits per heavy atom. The van der Waals surface area contributed by atoms with Crippen LogP contribution in [0, 0.1) is 0 Å². The van der Waals surface area contributed by atoms with Gasteiger partial charge in [0.2, 0.25) is 0 Å². The van der Waals surface area contributed by atoms with Crippen molar-refractivity contribution >= 4 is 23.3 Å². The molecule has 4 nitrogen and oxygen atoms in total. The zero-order valence-corrected chi connectivity index (χ0v) is 10.4. The summed E-state index contributed by atoms with van der Waals surface area (Å²) in [5, 5.41) is 12.5. The van der Waals surface area contributed by atoms with E-state index in [1.807, 2.05) is 6.07 Å². The molecule has 0 amide bonds. The van der Waals surface area contributed by atoms with E-state index in [4.69, 9.17) is 16.7 Å². The first-order chi connectivity index (χ1) is 8.09. The number of hydrogen-bond acceptors (Lipinski definition) is 3. The van der Waals surface area contributed by atoms with Crippen molar-refractivity contribution in [1.82, 2.24) is 5.32 Å². The van der Waals surface area contributed by atoms with E-state index >= 15 is 0 Å². The summed E-state index contributed by atoms with van der Waals surface area (Å²) in [5.41, 5.74) is 1.13. The zero-order chi connectivity index (χ0) is 12.4. The van der Waals surface area contributed by atoms with Crippen molar-refractivity contribution in [2.75, 3.05) is 24.5 Å². The summed E-state index contributed by atoms with van der Waals surface area (Å²) in [6, 6.07) is 5.49. The van der Waals surface area contributed by atoms with Gasteiger partial charge in [-0.15, -0.1) is 0 Å². The van der Waals surface area contributed by atoms with Gasteiger partial charge in [-0.05, 0) is 25.1 Å². The van der Waals surface area contributed by atoms with E-state index in [1.165, 1.54) is 0 Å². The summed E-state index contributed by atoms with van der Waals surface area (Å²) in [6.07, 6.45) is 0. The lowest BCUT2D eigenvalue weighted by Gasteiger charge is -2.36. The number of aromatic carboxylic acids is 1. The first kappa shape index (κ1) is 12.2. The lowest BCUT2D eigenvalue weighted by Crippen LogP contribution is -2.49. The van der Waals surface area contributed by atoms with Crippen molar-refractivity contribution in [3.05, 3.63) is 28.8 Å². The molecule has 1 aromatic rings. The van der Waals surface area contributed by atoms with E-state index in [0.717, 1.165) is 25.3 Å². The fourth-order valence-corrected chi connectivity index (χ4v) is 2.34. The molecular weight excluding hydrogens is 240 g/mol. The number of nitrogens with zero attached hydrogens (tertiary/aromatic N) is 1. The summed E-state index contributed by atoms with van der Waals surface area (Å²) in [5.74, 6) is -0.991. The van der Waals surface area contributed by atoms with Crippen LogP contribution in [0.3, 0.4) is 0 Å². The van der Waals surface area contributed by atoms with E-state index in [2.05, 4.69) is 17.1 Å². The van der Waals surface area contributed by atoms with E-state index in [0.29, 0.717) is 11.1 Å². The van der Waals surface area contributed by atoms with Gasteiger partial charge in [-0.2, -0.15) is 0 Å². The summed E-state index contributed by atoms with van der Waals surface area (Å²) in [6.45, 7) is 4.90. The maximum Gasteiger partial charge on any atom is 0.337 e. The minimum Gasteiger partial charge on any atom is -0.478 e. The molecule has 2 rings (SSSR count). The van der Waals surface area contributed by atoms with Gasteiger partial charge < -0.3 is 15.3 Å². The second-order valence-corrected chi connectivity index (χ2v) is 4.62. The van der Waals surface area contributed by atoms with Crippen molar-refractivity contribution in [2.24, 2.45) is 0 Å². The predicted molar refractivity (Wildman–Crippen MR) is 68.1 cm³/mol. The summed E-state index contributed by atoms with van der Waals surface area (Å²) < 4.78 is 0. The van der Waals surface area contributed by atoms with Crippen LogP contribution in [0.4, 0.5) is 5.69 Å². The van der Waals surface area contributed by atoms with Gasteiger partial charge in [-0.25, -0.2) is 4.79 Å².